The smallest absolute Gasteiger partial charge is 0.338 e. The van der Waals surface area contributed by atoms with Crippen LogP contribution in [-0.4, -0.2) is 24.6 Å². The van der Waals surface area contributed by atoms with Crippen LogP contribution in [0.3, 0.4) is 0 Å². The van der Waals surface area contributed by atoms with Gasteiger partial charge in [0.1, 0.15) is 5.82 Å². The topological polar surface area (TPSA) is 77.2 Å². The Hall–Kier alpha value is -2.40. The van der Waals surface area contributed by atoms with E-state index in [1.807, 2.05) is 30.3 Å². The van der Waals surface area contributed by atoms with Gasteiger partial charge in [0.2, 0.25) is 0 Å². The lowest BCUT2D eigenvalue weighted by molar-refractivity contribution is 0.0600. The van der Waals surface area contributed by atoms with Crippen LogP contribution in [0.2, 0.25) is 0 Å². The van der Waals surface area contributed by atoms with Crippen molar-refractivity contribution >= 4 is 11.8 Å². The number of hydrogen-bond donors (Lipinski definition) is 2. The average molecular weight is 271 g/mol. The number of methoxy groups -OCH3 is 1. The van der Waals surface area contributed by atoms with Crippen LogP contribution in [0.5, 0.6) is 0 Å². The van der Waals surface area contributed by atoms with Crippen molar-refractivity contribution in [3.63, 3.8) is 0 Å². The van der Waals surface area contributed by atoms with Gasteiger partial charge in [0, 0.05) is 18.8 Å². The van der Waals surface area contributed by atoms with E-state index in [4.69, 9.17) is 5.73 Å². The predicted molar refractivity (Wildman–Crippen MR) is 77.4 cm³/mol. The molecule has 1 unspecified atom stereocenters. The number of anilines is 1. The molecule has 0 aliphatic heterocycles. The Morgan fingerprint density at radius 1 is 1.35 bits per heavy atom. The van der Waals surface area contributed by atoms with Crippen LogP contribution in [-0.2, 0) is 4.74 Å². The molecule has 104 valence electrons. The molecule has 0 aliphatic carbocycles. The molecule has 1 aromatic carbocycles. The Balaban J connectivity index is 1.99. The second-order valence-corrected chi connectivity index (χ2v) is 4.32. The quantitative estimate of drug-likeness (QED) is 0.813. The summed E-state index contributed by atoms with van der Waals surface area (Å²) in [6.07, 6.45) is 1.56. The first kappa shape index (κ1) is 14.0. The molecule has 0 saturated carbocycles. The zero-order chi connectivity index (χ0) is 14.4. The van der Waals surface area contributed by atoms with Crippen LogP contribution in [0.15, 0.2) is 48.7 Å². The summed E-state index contributed by atoms with van der Waals surface area (Å²) in [6, 6.07) is 12.9. The maximum atomic E-state index is 11.4. The number of ether oxygens (including phenoxy) is 1. The number of carbonyl (C=O) groups excluding carboxylic acids is 1. The van der Waals surface area contributed by atoms with Crippen LogP contribution in [0.25, 0.3) is 0 Å². The van der Waals surface area contributed by atoms with Gasteiger partial charge in [0.25, 0.3) is 0 Å². The third-order valence-corrected chi connectivity index (χ3v) is 2.91. The lowest BCUT2D eigenvalue weighted by Crippen LogP contribution is -2.21. The number of pyridine rings is 1. The summed E-state index contributed by atoms with van der Waals surface area (Å²) >= 11 is 0. The second-order valence-electron chi connectivity index (χ2n) is 4.32. The summed E-state index contributed by atoms with van der Waals surface area (Å²) in [5.41, 5.74) is 7.59. The second kappa shape index (κ2) is 6.68. The third kappa shape index (κ3) is 3.55. The van der Waals surface area contributed by atoms with Gasteiger partial charge in [-0.15, -0.1) is 0 Å². The normalized spacial score (nSPS) is 11.7. The lowest BCUT2D eigenvalue weighted by atomic mass is 10.1. The summed E-state index contributed by atoms with van der Waals surface area (Å²) in [6.45, 7) is 0.529. The Labute approximate surface area is 117 Å². The van der Waals surface area contributed by atoms with E-state index >= 15 is 0 Å². The van der Waals surface area contributed by atoms with Crippen LogP contribution in [0, 0.1) is 0 Å². The van der Waals surface area contributed by atoms with Crippen molar-refractivity contribution < 1.29 is 9.53 Å². The Morgan fingerprint density at radius 2 is 2.10 bits per heavy atom. The molecule has 2 aromatic rings. The SMILES string of the molecule is COC(=O)c1ccnc(NCC(N)c2ccccc2)c1. The Bertz CT molecular complexity index is 572. The molecule has 0 spiro atoms. The van der Waals surface area contributed by atoms with Gasteiger partial charge >= 0.3 is 5.97 Å². The van der Waals surface area contributed by atoms with Gasteiger partial charge in [0.15, 0.2) is 0 Å². The van der Waals surface area contributed by atoms with Crippen LogP contribution >= 0.6 is 0 Å². The van der Waals surface area contributed by atoms with E-state index in [9.17, 15) is 4.79 Å². The maximum absolute atomic E-state index is 11.4. The number of benzene rings is 1. The van der Waals surface area contributed by atoms with Gasteiger partial charge in [-0.2, -0.15) is 0 Å². The highest BCUT2D eigenvalue weighted by Gasteiger charge is 2.08. The van der Waals surface area contributed by atoms with Gasteiger partial charge in [-0.25, -0.2) is 9.78 Å². The van der Waals surface area contributed by atoms with Gasteiger partial charge in [-0.05, 0) is 17.7 Å². The van der Waals surface area contributed by atoms with E-state index < -0.39 is 0 Å². The zero-order valence-corrected chi connectivity index (χ0v) is 11.2. The summed E-state index contributed by atoms with van der Waals surface area (Å²) < 4.78 is 4.67. The molecule has 5 heteroatoms. The van der Waals surface area contributed by atoms with Crippen LogP contribution < -0.4 is 11.1 Å². The minimum Gasteiger partial charge on any atom is -0.465 e. The third-order valence-electron chi connectivity index (χ3n) is 2.91. The molecule has 0 fully saturated rings. The molecule has 2 rings (SSSR count). The van der Waals surface area contributed by atoms with Crippen molar-refractivity contribution in [1.29, 1.82) is 0 Å². The fraction of sp³-hybridized carbons (Fsp3) is 0.200. The molecular weight excluding hydrogens is 254 g/mol. The highest BCUT2D eigenvalue weighted by atomic mass is 16.5. The lowest BCUT2D eigenvalue weighted by Gasteiger charge is -2.13. The monoisotopic (exact) mass is 271 g/mol. The molecule has 0 bridgehead atoms. The first-order valence-electron chi connectivity index (χ1n) is 6.29. The number of esters is 1. The minimum atomic E-state index is -0.386. The van der Waals surface area contributed by atoms with E-state index in [0.717, 1.165) is 5.56 Å². The predicted octanol–water partition coefficient (Wildman–Crippen LogP) is 1.98. The van der Waals surface area contributed by atoms with E-state index in [0.29, 0.717) is 17.9 Å². The molecule has 5 nitrogen and oxygen atoms in total. The number of hydrogen-bond acceptors (Lipinski definition) is 5. The number of carbonyl (C=O) groups is 1. The Kier molecular flexibility index (Phi) is 4.68. The summed E-state index contributed by atoms with van der Waals surface area (Å²) in [4.78, 5) is 15.6. The van der Waals surface area contributed by atoms with Gasteiger partial charge in [0.05, 0.1) is 12.7 Å². The van der Waals surface area contributed by atoms with E-state index in [-0.39, 0.29) is 12.0 Å². The van der Waals surface area contributed by atoms with Crippen molar-refractivity contribution in [2.75, 3.05) is 19.0 Å². The molecule has 0 amide bonds. The van der Waals surface area contributed by atoms with Gasteiger partial charge in [-0.3, -0.25) is 0 Å². The Morgan fingerprint density at radius 3 is 2.80 bits per heavy atom. The maximum Gasteiger partial charge on any atom is 0.338 e. The summed E-state index contributed by atoms with van der Waals surface area (Å²) in [5, 5.41) is 3.12. The molecular formula is C15H17N3O2. The number of aromatic nitrogens is 1. The van der Waals surface area contributed by atoms with Crippen molar-refractivity contribution in [2.45, 2.75) is 6.04 Å². The zero-order valence-electron chi connectivity index (χ0n) is 11.2. The molecule has 0 aliphatic rings. The molecule has 0 saturated heterocycles. The first-order valence-corrected chi connectivity index (χ1v) is 6.29. The average Bonchev–Trinajstić information content (AvgIpc) is 2.53. The fourth-order valence-electron chi connectivity index (χ4n) is 1.80. The van der Waals surface area contributed by atoms with E-state index in [1.54, 1.807) is 18.3 Å². The van der Waals surface area contributed by atoms with Crippen molar-refractivity contribution in [2.24, 2.45) is 5.73 Å². The molecule has 1 aromatic heterocycles. The summed E-state index contributed by atoms with van der Waals surface area (Å²) in [5.74, 6) is 0.210. The van der Waals surface area contributed by atoms with Crippen molar-refractivity contribution in [3.8, 4) is 0 Å². The number of nitrogens with one attached hydrogen (secondary N) is 1. The number of nitrogens with two attached hydrogens (primary N) is 1. The highest BCUT2D eigenvalue weighted by molar-refractivity contribution is 5.89. The van der Waals surface area contributed by atoms with Crippen molar-refractivity contribution in [3.05, 3.63) is 59.8 Å². The van der Waals surface area contributed by atoms with Crippen LogP contribution in [0.4, 0.5) is 5.82 Å². The number of nitrogens with zero attached hydrogens (tertiary/aromatic N) is 1. The van der Waals surface area contributed by atoms with Crippen LogP contribution in [0.1, 0.15) is 22.0 Å². The first-order chi connectivity index (χ1) is 9.70. The van der Waals surface area contributed by atoms with Gasteiger partial charge < -0.3 is 15.8 Å². The van der Waals surface area contributed by atoms with Gasteiger partial charge in [-0.1, -0.05) is 30.3 Å². The summed E-state index contributed by atoms with van der Waals surface area (Å²) in [7, 11) is 1.35. The molecule has 20 heavy (non-hydrogen) atoms. The largest absolute Gasteiger partial charge is 0.465 e. The van der Waals surface area contributed by atoms with E-state index in [1.165, 1.54) is 7.11 Å². The molecule has 1 atom stereocenters. The molecule has 3 N–H and O–H groups in total. The van der Waals surface area contributed by atoms with E-state index in [2.05, 4.69) is 15.0 Å². The van der Waals surface area contributed by atoms with Crippen molar-refractivity contribution in [1.82, 2.24) is 4.98 Å². The molecule has 0 radical (unpaired) electrons. The number of rotatable bonds is 5. The molecule has 1 heterocycles. The fourth-order valence-corrected chi connectivity index (χ4v) is 1.80. The standard InChI is InChI=1S/C15H17N3O2/c1-20-15(19)12-7-8-17-14(9-12)18-10-13(16)11-5-3-2-4-6-11/h2-9,13H,10,16H2,1H3,(H,17,18). The highest BCUT2D eigenvalue weighted by Crippen LogP contribution is 2.12. The minimum absolute atomic E-state index is 0.139.